The first-order chi connectivity index (χ1) is 17.7. The molecule has 1 atom stereocenters. The number of aliphatic hydroxyl groups excluding tert-OH is 1. The van der Waals surface area contributed by atoms with Gasteiger partial charge in [-0.2, -0.15) is 0 Å². The highest BCUT2D eigenvalue weighted by molar-refractivity contribution is 7.18. The molecule has 0 saturated carbocycles. The van der Waals surface area contributed by atoms with Gasteiger partial charge in [-0.05, 0) is 36.8 Å². The van der Waals surface area contributed by atoms with Crippen LogP contribution in [0.5, 0.6) is 0 Å². The van der Waals surface area contributed by atoms with E-state index in [9.17, 15) is 23.6 Å². The van der Waals surface area contributed by atoms with Crippen LogP contribution in [-0.2, 0) is 9.59 Å². The Kier molecular flexibility index (Phi) is 9.92. The van der Waals surface area contributed by atoms with E-state index in [4.69, 9.17) is 16.7 Å². The van der Waals surface area contributed by atoms with Crippen LogP contribution >= 0.6 is 22.9 Å². The lowest BCUT2D eigenvalue weighted by atomic mass is 10.2. The Balaban J connectivity index is 0.000000695. The number of nitrogens with zero attached hydrogens (tertiary/aromatic N) is 2. The number of halogens is 2. The van der Waals surface area contributed by atoms with Crippen molar-refractivity contribution in [3.05, 3.63) is 80.1 Å². The van der Waals surface area contributed by atoms with E-state index in [0.29, 0.717) is 34.4 Å². The van der Waals surface area contributed by atoms with E-state index in [1.54, 1.807) is 36.5 Å². The molecular weight excluding hydrogens is 525 g/mol. The van der Waals surface area contributed by atoms with Crippen molar-refractivity contribution in [2.45, 2.75) is 12.5 Å². The summed E-state index contributed by atoms with van der Waals surface area (Å²) >= 11 is 7.08. The van der Waals surface area contributed by atoms with E-state index in [2.05, 4.69) is 16.4 Å². The average molecular weight is 550 g/mol. The zero-order chi connectivity index (χ0) is 26.9. The summed E-state index contributed by atoms with van der Waals surface area (Å²) in [6, 6.07) is 12.2. The van der Waals surface area contributed by atoms with Crippen LogP contribution in [0.3, 0.4) is 0 Å². The second-order valence-corrected chi connectivity index (χ2v) is 9.76. The van der Waals surface area contributed by atoms with Gasteiger partial charge in [0.1, 0.15) is 12.4 Å². The molecule has 1 aromatic carbocycles. The molecule has 10 nitrogen and oxygen atoms in total. The highest BCUT2D eigenvalue weighted by atomic mass is 35.5. The molecule has 196 valence electrons. The van der Waals surface area contributed by atoms with E-state index >= 15 is 0 Å². The number of thiophene rings is 1. The third-order valence-corrected chi connectivity index (χ3v) is 6.48. The molecule has 0 aliphatic carbocycles. The summed E-state index contributed by atoms with van der Waals surface area (Å²) in [6.45, 7) is 0.690. The Morgan fingerprint density at radius 2 is 1.95 bits per heavy atom. The Morgan fingerprint density at radius 3 is 2.57 bits per heavy atom. The van der Waals surface area contributed by atoms with Crippen LogP contribution in [0.15, 0.2) is 59.5 Å². The van der Waals surface area contributed by atoms with Gasteiger partial charge in [-0.1, -0.05) is 17.7 Å². The largest absolute Gasteiger partial charge is 0.387 e. The SMILES string of the molecule is NC(=O)CO.O=C(CN1CCC(NC(=O)c2ccc(Cl)s2)C1)Nc1ccc(-n2ccccc2=O)cc1F. The summed E-state index contributed by atoms with van der Waals surface area (Å²) in [5, 5.41) is 13.2. The number of anilines is 1. The van der Waals surface area contributed by atoms with Gasteiger partial charge in [0, 0.05) is 37.5 Å². The van der Waals surface area contributed by atoms with Crippen molar-refractivity contribution in [3.63, 3.8) is 0 Å². The maximum atomic E-state index is 14.5. The summed E-state index contributed by atoms with van der Waals surface area (Å²) in [6.07, 6.45) is 2.26. The van der Waals surface area contributed by atoms with Crippen LogP contribution in [0, 0.1) is 5.82 Å². The highest BCUT2D eigenvalue weighted by Gasteiger charge is 2.26. The van der Waals surface area contributed by atoms with Gasteiger partial charge in [0.2, 0.25) is 11.8 Å². The molecule has 1 saturated heterocycles. The number of rotatable bonds is 7. The van der Waals surface area contributed by atoms with Crippen molar-refractivity contribution in [3.8, 4) is 5.69 Å². The van der Waals surface area contributed by atoms with Crippen molar-refractivity contribution < 1.29 is 23.9 Å². The molecule has 1 aliphatic heterocycles. The number of aromatic nitrogens is 1. The van der Waals surface area contributed by atoms with E-state index in [0.717, 1.165) is 0 Å². The summed E-state index contributed by atoms with van der Waals surface area (Å²) in [5.41, 5.74) is 4.54. The number of hydrogen-bond donors (Lipinski definition) is 4. The predicted octanol–water partition coefficient (Wildman–Crippen LogP) is 1.60. The standard InChI is InChI=1S/C22H20ClFN4O3S.C2H5NO2/c23-19-7-6-18(32-19)22(31)25-14-8-10-27(12-14)13-20(29)26-17-5-4-15(11-16(17)24)28-9-2-1-3-21(28)30;3-2(5)1-4/h1-7,9,11,14H,8,10,12-13H2,(H,25,31)(H,26,29);4H,1H2,(H2,3,5). The molecular formula is C24H25ClFN5O5S. The fourth-order valence-corrected chi connectivity index (χ4v) is 4.52. The lowest BCUT2D eigenvalue weighted by molar-refractivity contribution is -0.120. The Hall–Kier alpha value is -3.58. The second-order valence-electron chi connectivity index (χ2n) is 8.04. The molecule has 3 amide bonds. The lowest BCUT2D eigenvalue weighted by Crippen LogP contribution is -2.38. The van der Waals surface area contributed by atoms with Crippen LogP contribution in [-0.4, -0.2) is 64.6 Å². The fourth-order valence-electron chi connectivity index (χ4n) is 3.58. The molecule has 0 radical (unpaired) electrons. The number of amides is 3. The molecule has 3 aromatic rings. The smallest absolute Gasteiger partial charge is 0.261 e. The topological polar surface area (TPSA) is 147 Å². The van der Waals surface area contributed by atoms with Gasteiger partial charge >= 0.3 is 0 Å². The van der Waals surface area contributed by atoms with Gasteiger partial charge in [0.15, 0.2) is 0 Å². The first-order valence-electron chi connectivity index (χ1n) is 11.1. The molecule has 5 N–H and O–H groups in total. The first kappa shape index (κ1) is 28.0. The summed E-state index contributed by atoms with van der Waals surface area (Å²) in [7, 11) is 0. The fraction of sp³-hybridized carbons (Fsp3) is 0.250. The Labute approximate surface area is 220 Å². The van der Waals surface area contributed by atoms with Crippen LogP contribution in [0.2, 0.25) is 4.34 Å². The minimum absolute atomic E-state index is 0.0429. The first-order valence-corrected chi connectivity index (χ1v) is 12.3. The summed E-state index contributed by atoms with van der Waals surface area (Å²) in [4.78, 5) is 48.3. The predicted molar refractivity (Wildman–Crippen MR) is 139 cm³/mol. The van der Waals surface area contributed by atoms with Crippen LogP contribution < -0.4 is 21.9 Å². The molecule has 2 aromatic heterocycles. The van der Waals surface area contributed by atoms with E-state index in [-0.39, 0.29) is 35.6 Å². The molecule has 0 bridgehead atoms. The third kappa shape index (κ3) is 8.22. The second kappa shape index (κ2) is 13.1. The monoisotopic (exact) mass is 549 g/mol. The molecule has 37 heavy (non-hydrogen) atoms. The van der Waals surface area contributed by atoms with Crippen LogP contribution in [0.25, 0.3) is 5.69 Å². The number of benzene rings is 1. The number of pyridine rings is 1. The quantitative estimate of drug-likeness (QED) is 0.352. The number of carbonyl (C=O) groups is 3. The number of aliphatic hydroxyl groups is 1. The van der Waals surface area contributed by atoms with Crippen LogP contribution in [0.1, 0.15) is 16.1 Å². The minimum atomic E-state index is -0.690. The molecule has 1 aliphatic rings. The highest BCUT2D eigenvalue weighted by Crippen LogP contribution is 2.22. The third-order valence-electron chi connectivity index (χ3n) is 5.26. The molecule has 13 heteroatoms. The number of nitrogens with two attached hydrogens (primary N) is 1. The van der Waals surface area contributed by atoms with Crippen molar-refractivity contribution >= 4 is 46.3 Å². The summed E-state index contributed by atoms with van der Waals surface area (Å²) in [5.74, 6) is -1.86. The van der Waals surface area contributed by atoms with E-state index < -0.39 is 18.3 Å². The molecule has 3 heterocycles. The Bertz CT molecular complexity index is 1330. The van der Waals surface area contributed by atoms with Gasteiger partial charge < -0.3 is 21.5 Å². The van der Waals surface area contributed by atoms with Crippen molar-refractivity contribution in [2.75, 3.05) is 31.6 Å². The zero-order valence-electron chi connectivity index (χ0n) is 19.5. The van der Waals surface area contributed by atoms with E-state index in [1.165, 1.54) is 34.1 Å². The molecule has 4 rings (SSSR count). The number of likely N-dealkylation sites (tertiary alicyclic amines) is 1. The maximum Gasteiger partial charge on any atom is 0.261 e. The maximum absolute atomic E-state index is 14.5. The van der Waals surface area contributed by atoms with Gasteiger partial charge in [-0.25, -0.2) is 4.39 Å². The Morgan fingerprint density at radius 1 is 1.19 bits per heavy atom. The van der Waals surface area contributed by atoms with Gasteiger partial charge in [0.25, 0.3) is 11.5 Å². The summed E-state index contributed by atoms with van der Waals surface area (Å²) < 4.78 is 16.4. The average Bonchev–Trinajstić information content (AvgIpc) is 3.49. The zero-order valence-corrected chi connectivity index (χ0v) is 21.1. The van der Waals surface area contributed by atoms with E-state index in [1.807, 2.05) is 4.90 Å². The number of primary amides is 1. The van der Waals surface area contributed by atoms with Crippen LogP contribution in [0.4, 0.5) is 10.1 Å². The minimum Gasteiger partial charge on any atom is -0.387 e. The molecule has 1 unspecified atom stereocenters. The number of carbonyl (C=O) groups excluding carboxylic acids is 3. The number of hydrogen-bond acceptors (Lipinski definition) is 7. The molecule has 1 fully saturated rings. The van der Waals surface area contributed by atoms with Gasteiger partial charge in [-0.3, -0.25) is 28.6 Å². The van der Waals surface area contributed by atoms with Crippen molar-refractivity contribution in [2.24, 2.45) is 5.73 Å². The van der Waals surface area contributed by atoms with Crippen molar-refractivity contribution in [1.29, 1.82) is 0 Å². The van der Waals surface area contributed by atoms with Gasteiger partial charge in [0.05, 0.1) is 27.1 Å². The molecule has 0 spiro atoms. The van der Waals surface area contributed by atoms with Gasteiger partial charge in [-0.15, -0.1) is 11.3 Å². The number of nitrogens with one attached hydrogen (secondary N) is 2. The lowest BCUT2D eigenvalue weighted by Gasteiger charge is -2.16. The van der Waals surface area contributed by atoms with Crippen molar-refractivity contribution in [1.82, 2.24) is 14.8 Å². The normalized spacial score (nSPS) is 14.9.